The zero-order chi connectivity index (χ0) is 11.4. The summed E-state index contributed by atoms with van der Waals surface area (Å²) in [4.78, 5) is 23.9. The zero-order valence-corrected chi connectivity index (χ0v) is 8.17. The van der Waals surface area contributed by atoms with Crippen molar-refractivity contribution in [2.45, 2.75) is 6.54 Å². The van der Waals surface area contributed by atoms with E-state index in [9.17, 15) is 9.59 Å². The average molecular weight is 223 g/mol. The largest absolute Gasteiger partial charge is 0.362 e. The Hall–Kier alpha value is -2.45. The summed E-state index contributed by atoms with van der Waals surface area (Å²) in [5.74, 6) is 0.0692. The summed E-state index contributed by atoms with van der Waals surface area (Å²) < 4.78 is 1.60. The van der Waals surface area contributed by atoms with Crippen molar-refractivity contribution in [2.75, 3.05) is 11.9 Å². The van der Waals surface area contributed by atoms with Gasteiger partial charge < -0.3 is 5.32 Å². The third kappa shape index (κ3) is 2.32. The standard InChI is InChI=1S/C7H9N7O2/c15-6-5(11-12-7(16)10-6)8-1-3-14-4-2-9-13-14/h2,4H,1,3H2,(H,8,11)(H2,10,12,15,16). The first-order valence-electron chi connectivity index (χ1n) is 4.52. The number of anilines is 1. The fraction of sp³-hybridized carbons (Fsp3) is 0.286. The molecule has 0 atom stereocenters. The molecule has 0 aliphatic carbocycles. The SMILES string of the molecule is O=c1[nH]nc(NCCn2ccnn2)c(=O)[nH]1. The molecule has 0 fully saturated rings. The summed E-state index contributed by atoms with van der Waals surface area (Å²) in [6, 6.07) is 0. The van der Waals surface area contributed by atoms with E-state index < -0.39 is 11.2 Å². The summed E-state index contributed by atoms with van der Waals surface area (Å²) in [5, 5.41) is 15.8. The van der Waals surface area contributed by atoms with Gasteiger partial charge in [-0.2, -0.15) is 0 Å². The normalized spacial score (nSPS) is 10.2. The minimum absolute atomic E-state index is 0.0692. The molecule has 0 aromatic carbocycles. The second-order valence-electron chi connectivity index (χ2n) is 2.95. The second kappa shape index (κ2) is 4.38. The molecule has 0 radical (unpaired) electrons. The molecule has 0 saturated heterocycles. The van der Waals surface area contributed by atoms with Crippen molar-refractivity contribution in [3.63, 3.8) is 0 Å². The van der Waals surface area contributed by atoms with E-state index in [1.807, 2.05) is 0 Å². The first-order chi connectivity index (χ1) is 7.75. The van der Waals surface area contributed by atoms with Gasteiger partial charge in [0.05, 0.1) is 12.7 Å². The van der Waals surface area contributed by atoms with Crippen molar-refractivity contribution in [3.8, 4) is 0 Å². The molecule has 84 valence electrons. The summed E-state index contributed by atoms with van der Waals surface area (Å²) in [7, 11) is 0. The number of H-pyrrole nitrogens is 2. The zero-order valence-electron chi connectivity index (χ0n) is 8.17. The predicted octanol–water partition coefficient (Wildman–Crippen LogP) is -1.84. The van der Waals surface area contributed by atoms with Gasteiger partial charge in [-0.1, -0.05) is 5.21 Å². The van der Waals surface area contributed by atoms with Crippen LogP contribution in [0.4, 0.5) is 5.82 Å². The summed E-state index contributed by atoms with van der Waals surface area (Å²) in [5.41, 5.74) is -1.19. The minimum Gasteiger partial charge on any atom is -0.362 e. The average Bonchev–Trinajstić information content (AvgIpc) is 2.74. The summed E-state index contributed by atoms with van der Waals surface area (Å²) >= 11 is 0. The Morgan fingerprint density at radius 2 is 2.31 bits per heavy atom. The maximum Gasteiger partial charge on any atom is 0.342 e. The van der Waals surface area contributed by atoms with Crippen molar-refractivity contribution in [1.29, 1.82) is 0 Å². The highest BCUT2D eigenvalue weighted by atomic mass is 16.2. The fourth-order valence-electron chi connectivity index (χ4n) is 1.11. The van der Waals surface area contributed by atoms with Gasteiger partial charge in [0, 0.05) is 12.7 Å². The Morgan fingerprint density at radius 1 is 1.44 bits per heavy atom. The van der Waals surface area contributed by atoms with Crippen LogP contribution < -0.4 is 16.6 Å². The molecule has 0 amide bonds. The van der Waals surface area contributed by atoms with E-state index >= 15 is 0 Å². The Bertz CT molecular complexity index is 555. The number of nitrogens with one attached hydrogen (secondary N) is 3. The van der Waals surface area contributed by atoms with E-state index in [1.54, 1.807) is 17.1 Å². The first-order valence-corrected chi connectivity index (χ1v) is 4.52. The van der Waals surface area contributed by atoms with Crippen LogP contribution in [0.5, 0.6) is 0 Å². The third-order valence-corrected chi connectivity index (χ3v) is 1.82. The van der Waals surface area contributed by atoms with Gasteiger partial charge in [-0.15, -0.1) is 10.2 Å². The summed E-state index contributed by atoms with van der Waals surface area (Å²) in [6.45, 7) is 0.992. The molecular weight excluding hydrogens is 214 g/mol. The fourth-order valence-corrected chi connectivity index (χ4v) is 1.11. The molecule has 0 spiro atoms. The smallest absolute Gasteiger partial charge is 0.342 e. The van der Waals surface area contributed by atoms with Crippen LogP contribution in [-0.4, -0.2) is 36.7 Å². The predicted molar refractivity (Wildman–Crippen MR) is 54.0 cm³/mol. The van der Waals surface area contributed by atoms with Gasteiger partial charge in [-0.3, -0.25) is 14.5 Å². The monoisotopic (exact) mass is 223 g/mol. The molecule has 16 heavy (non-hydrogen) atoms. The lowest BCUT2D eigenvalue weighted by molar-refractivity contribution is 0.607. The van der Waals surface area contributed by atoms with Crippen molar-refractivity contribution in [3.05, 3.63) is 33.2 Å². The minimum atomic E-state index is -0.633. The second-order valence-corrected chi connectivity index (χ2v) is 2.95. The van der Waals surface area contributed by atoms with E-state index in [2.05, 4.69) is 30.8 Å². The van der Waals surface area contributed by atoms with Gasteiger partial charge in [0.25, 0.3) is 5.56 Å². The Balaban J connectivity index is 1.95. The molecule has 2 aromatic heterocycles. The number of aromatic amines is 2. The highest BCUT2D eigenvalue weighted by Gasteiger charge is 2.00. The van der Waals surface area contributed by atoms with Gasteiger partial charge in [-0.05, 0) is 0 Å². The van der Waals surface area contributed by atoms with E-state index in [-0.39, 0.29) is 5.82 Å². The topological polar surface area (TPSA) is 121 Å². The molecule has 3 N–H and O–H groups in total. The molecule has 9 heteroatoms. The van der Waals surface area contributed by atoms with Gasteiger partial charge in [0.2, 0.25) is 5.82 Å². The highest BCUT2D eigenvalue weighted by Crippen LogP contribution is 1.87. The number of rotatable bonds is 4. The Morgan fingerprint density at radius 3 is 3.00 bits per heavy atom. The molecule has 0 aliphatic heterocycles. The maximum absolute atomic E-state index is 11.2. The first kappa shape index (κ1) is 10.1. The molecule has 0 bridgehead atoms. The van der Waals surface area contributed by atoms with Crippen LogP contribution >= 0.6 is 0 Å². The van der Waals surface area contributed by atoms with Crippen LogP contribution in [0.2, 0.25) is 0 Å². The van der Waals surface area contributed by atoms with E-state index in [0.29, 0.717) is 13.1 Å². The molecular formula is C7H9N7O2. The van der Waals surface area contributed by atoms with E-state index in [4.69, 9.17) is 0 Å². The number of aromatic nitrogens is 6. The Kier molecular flexibility index (Phi) is 2.76. The van der Waals surface area contributed by atoms with Crippen LogP contribution in [0.15, 0.2) is 22.0 Å². The van der Waals surface area contributed by atoms with Gasteiger partial charge in [0.15, 0.2) is 0 Å². The van der Waals surface area contributed by atoms with Gasteiger partial charge >= 0.3 is 5.69 Å². The van der Waals surface area contributed by atoms with Crippen LogP contribution in [0.3, 0.4) is 0 Å². The molecule has 9 nitrogen and oxygen atoms in total. The van der Waals surface area contributed by atoms with E-state index in [0.717, 1.165) is 0 Å². The molecule has 2 rings (SSSR count). The molecule has 0 unspecified atom stereocenters. The number of hydrogen-bond donors (Lipinski definition) is 3. The molecule has 0 saturated carbocycles. The summed E-state index contributed by atoms with van der Waals surface area (Å²) in [6.07, 6.45) is 3.26. The lowest BCUT2D eigenvalue weighted by Gasteiger charge is -2.02. The lowest BCUT2D eigenvalue weighted by atomic mass is 10.6. The van der Waals surface area contributed by atoms with Gasteiger partial charge in [-0.25, -0.2) is 9.89 Å². The quantitative estimate of drug-likeness (QED) is 0.560. The van der Waals surface area contributed by atoms with Crippen LogP contribution in [0, 0.1) is 0 Å². The number of hydrogen-bond acceptors (Lipinski definition) is 6. The molecule has 2 heterocycles. The van der Waals surface area contributed by atoms with Crippen molar-refractivity contribution in [2.24, 2.45) is 0 Å². The van der Waals surface area contributed by atoms with Gasteiger partial charge in [0.1, 0.15) is 0 Å². The van der Waals surface area contributed by atoms with Crippen LogP contribution in [-0.2, 0) is 6.54 Å². The van der Waals surface area contributed by atoms with Crippen molar-refractivity contribution >= 4 is 5.82 Å². The van der Waals surface area contributed by atoms with E-state index in [1.165, 1.54) is 0 Å². The third-order valence-electron chi connectivity index (χ3n) is 1.82. The van der Waals surface area contributed by atoms with Crippen LogP contribution in [0.1, 0.15) is 0 Å². The highest BCUT2D eigenvalue weighted by molar-refractivity contribution is 5.28. The molecule has 0 aliphatic rings. The van der Waals surface area contributed by atoms with Crippen molar-refractivity contribution < 1.29 is 0 Å². The van der Waals surface area contributed by atoms with Crippen LogP contribution in [0.25, 0.3) is 0 Å². The maximum atomic E-state index is 11.2. The molecule has 2 aromatic rings. The van der Waals surface area contributed by atoms with Crippen molar-refractivity contribution in [1.82, 2.24) is 30.2 Å². The Labute approximate surface area is 88.5 Å². The lowest BCUT2D eigenvalue weighted by Crippen LogP contribution is -2.27. The number of nitrogens with zero attached hydrogens (tertiary/aromatic N) is 4.